The smallest absolute Gasteiger partial charge is 0.341 e. The van der Waals surface area contributed by atoms with E-state index in [-0.39, 0.29) is 5.75 Å². The Balaban J connectivity index is 2.23. The summed E-state index contributed by atoms with van der Waals surface area (Å²) in [6.07, 6.45) is 0. The lowest BCUT2D eigenvalue weighted by molar-refractivity contribution is 0.476. The summed E-state index contributed by atoms with van der Waals surface area (Å²) in [7, 11) is 3.06. The van der Waals surface area contributed by atoms with Gasteiger partial charge >= 0.3 is 10.5 Å². The second-order valence-electron chi connectivity index (χ2n) is 4.67. The van der Waals surface area contributed by atoms with E-state index in [1.807, 2.05) is 72.8 Å². The van der Waals surface area contributed by atoms with Gasteiger partial charge < -0.3 is 9.53 Å². The second-order valence-corrected chi connectivity index (χ2v) is 4.87. The van der Waals surface area contributed by atoms with E-state index < -0.39 is 0 Å². The zero-order valence-electron chi connectivity index (χ0n) is 11.3. The van der Waals surface area contributed by atoms with Gasteiger partial charge in [0.1, 0.15) is 11.5 Å². The summed E-state index contributed by atoms with van der Waals surface area (Å²) in [5.41, 5.74) is 3.32. The standard InChI is InChI=1S/C18H13O2Si/c19-18-15(13-7-3-1-4-8-13)11-12-16(20-21)17(18)14-9-5-2-6-10-14/h1-12,19H. The van der Waals surface area contributed by atoms with Crippen LogP contribution >= 0.6 is 0 Å². The van der Waals surface area contributed by atoms with Gasteiger partial charge in [0, 0.05) is 5.56 Å². The van der Waals surface area contributed by atoms with Crippen molar-refractivity contribution in [2.24, 2.45) is 0 Å². The van der Waals surface area contributed by atoms with Crippen LogP contribution in [-0.2, 0) is 0 Å². The van der Waals surface area contributed by atoms with Crippen molar-refractivity contribution >= 4 is 10.5 Å². The number of rotatable bonds is 3. The van der Waals surface area contributed by atoms with E-state index in [9.17, 15) is 5.11 Å². The number of hydrogen-bond donors (Lipinski definition) is 1. The third-order valence-electron chi connectivity index (χ3n) is 3.40. The average Bonchev–Trinajstić information content (AvgIpc) is 2.56. The molecule has 0 atom stereocenters. The molecule has 3 rings (SSSR count). The summed E-state index contributed by atoms with van der Waals surface area (Å²) >= 11 is 0. The maximum atomic E-state index is 10.7. The first-order chi connectivity index (χ1) is 10.3. The largest absolute Gasteiger partial charge is 0.540 e. The molecule has 0 saturated heterocycles. The number of phenols is 1. The van der Waals surface area contributed by atoms with Crippen molar-refractivity contribution in [2.75, 3.05) is 0 Å². The van der Waals surface area contributed by atoms with E-state index in [1.54, 1.807) is 0 Å². The summed E-state index contributed by atoms with van der Waals surface area (Å²) in [4.78, 5) is 0. The Bertz CT molecular complexity index is 740. The van der Waals surface area contributed by atoms with E-state index in [0.717, 1.165) is 16.7 Å². The molecule has 1 N–H and O–H groups in total. The molecule has 3 aromatic rings. The molecule has 0 fully saturated rings. The highest BCUT2D eigenvalue weighted by atomic mass is 28.2. The van der Waals surface area contributed by atoms with Gasteiger partial charge in [0.25, 0.3) is 0 Å². The normalized spacial score (nSPS) is 10.3. The van der Waals surface area contributed by atoms with Gasteiger partial charge in [0.05, 0.1) is 5.56 Å². The lowest BCUT2D eigenvalue weighted by Crippen LogP contribution is -1.92. The zero-order chi connectivity index (χ0) is 14.7. The molecule has 0 bridgehead atoms. The molecular formula is C18H13O2Si. The van der Waals surface area contributed by atoms with E-state index in [0.29, 0.717) is 11.3 Å². The van der Waals surface area contributed by atoms with Crippen molar-refractivity contribution in [1.82, 2.24) is 0 Å². The van der Waals surface area contributed by atoms with Crippen LogP contribution in [0.1, 0.15) is 0 Å². The van der Waals surface area contributed by atoms with Gasteiger partial charge in [-0.15, -0.1) is 0 Å². The lowest BCUT2D eigenvalue weighted by Gasteiger charge is -2.14. The Labute approximate surface area is 127 Å². The first-order valence-corrected chi connectivity index (χ1v) is 7.02. The molecule has 21 heavy (non-hydrogen) atoms. The maximum absolute atomic E-state index is 10.7. The number of benzene rings is 3. The molecule has 0 saturated carbocycles. The molecule has 0 unspecified atom stereocenters. The topological polar surface area (TPSA) is 29.5 Å². The van der Waals surface area contributed by atoms with Crippen LogP contribution in [0.4, 0.5) is 0 Å². The van der Waals surface area contributed by atoms with Crippen molar-refractivity contribution in [3.8, 4) is 33.8 Å². The molecule has 0 aliphatic heterocycles. The highest BCUT2D eigenvalue weighted by Crippen LogP contribution is 2.43. The van der Waals surface area contributed by atoms with Crippen LogP contribution in [0.2, 0.25) is 0 Å². The summed E-state index contributed by atoms with van der Waals surface area (Å²) in [5, 5.41) is 10.7. The lowest BCUT2D eigenvalue weighted by atomic mass is 9.96. The third kappa shape index (κ3) is 2.56. The zero-order valence-corrected chi connectivity index (χ0v) is 12.3. The van der Waals surface area contributed by atoms with Crippen molar-refractivity contribution in [3.05, 3.63) is 72.8 Å². The van der Waals surface area contributed by atoms with Gasteiger partial charge in [0.15, 0.2) is 0 Å². The fourth-order valence-corrected chi connectivity index (χ4v) is 2.56. The number of phenolic OH excluding ortho intramolecular Hbond substituents is 1. The van der Waals surface area contributed by atoms with Crippen LogP contribution in [0.25, 0.3) is 22.3 Å². The molecular weight excluding hydrogens is 276 g/mol. The van der Waals surface area contributed by atoms with Gasteiger partial charge in [-0.25, -0.2) is 0 Å². The molecule has 3 heteroatoms. The fraction of sp³-hybridized carbons (Fsp3) is 0. The number of hydrogen-bond acceptors (Lipinski definition) is 2. The molecule has 101 valence electrons. The van der Waals surface area contributed by atoms with Gasteiger partial charge in [-0.1, -0.05) is 60.7 Å². The summed E-state index contributed by atoms with van der Waals surface area (Å²) in [5.74, 6) is 0.790. The minimum Gasteiger partial charge on any atom is -0.540 e. The molecule has 0 aliphatic carbocycles. The van der Waals surface area contributed by atoms with E-state index >= 15 is 0 Å². The van der Waals surface area contributed by atoms with Gasteiger partial charge in [0.2, 0.25) is 0 Å². The minimum absolute atomic E-state index is 0.211. The Morgan fingerprint density at radius 1 is 0.714 bits per heavy atom. The molecule has 3 aromatic carbocycles. The summed E-state index contributed by atoms with van der Waals surface area (Å²) in [6, 6.07) is 23.2. The Kier molecular flexibility index (Phi) is 3.75. The van der Waals surface area contributed by atoms with E-state index in [4.69, 9.17) is 4.43 Å². The predicted molar refractivity (Wildman–Crippen MR) is 85.4 cm³/mol. The molecule has 2 nitrogen and oxygen atoms in total. The van der Waals surface area contributed by atoms with Crippen molar-refractivity contribution in [2.45, 2.75) is 0 Å². The molecule has 3 radical (unpaired) electrons. The Morgan fingerprint density at radius 2 is 1.29 bits per heavy atom. The molecule has 0 heterocycles. The molecule has 0 aromatic heterocycles. The molecule has 0 spiro atoms. The van der Waals surface area contributed by atoms with Crippen molar-refractivity contribution < 1.29 is 9.53 Å². The second kappa shape index (κ2) is 5.85. The molecule has 0 amide bonds. The van der Waals surface area contributed by atoms with Gasteiger partial charge in [-0.2, -0.15) is 0 Å². The fourth-order valence-electron chi connectivity index (χ4n) is 2.39. The van der Waals surface area contributed by atoms with Crippen molar-refractivity contribution in [1.29, 1.82) is 0 Å². The average molecular weight is 289 g/mol. The van der Waals surface area contributed by atoms with Crippen LogP contribution in [-0.4, -0.2) is 15.6 Å². The summed E-state index contributed by atoms with van der Waals surface area (Å²) < 4.78 is 5.22. The van der Waals surface area contributed by atoms with Crippen LogP contribution < -0.4 is 4.43 Å². The van der Waals surface area contributed by atoms with Crippen LogP contribution in [0.5, 0.6) is 11.5 Å². The Hall–Kier alpha value is -2.52. The Morgan fingerprint density at radius 3 is 1.86 bits per heavy atom. The van der Waals surface area contributed by atoms with E-state index in [1.165, 1.54) is 0 Å². The van der Waals surface area contributed by atoms with Crippen molar-refractivity contribution in [3.63, 3.8) is 0 Å². The van der Waals surface area contributed by atoms with E-state index in [2.05, 4.69) is 10.5 Å². The highest BCUT2D eigenvalue weighted by molar-refractivity contribution is 6.01. The van der Waals surface area contributed by atoms with Crippen LogP contribution in [0, 0.1) is 0 Å². The third-order valence-corrected chi connectivity index (χ3v) is 3.62. The maximum Gasteiger partial charge on any atom is 0.341 e. The summed E-state index contributed by atoms with van der Waals surface area (Å²) in [6.45, 7) is 0. The quantitative estimate of drug-likeness (QED) is 0.733. The first kappa shape index (κ1) is 13.5. The molecule has 0 aliphatic rings. The monoisotopic (exact) mass is 289 g/mol. The highest BCUT2D eigenvalue weighted by Gasteiger charge is 2.15. The minimum atomic E-state index is 0.211. The predicted octanol–water partition coefficient (Wildman–Crippen LogP) is 4.19. The van der Waals surface area contributed by atoms with Crippen LogP contribution in [0.3, 0.4) is 0 Å². The van der Waals surface area contributed by atoms with Crippen LogP contribution in [0.15, 0.2) is 72.8 Å². The SMILES string of the molecule is Oc1c(-c2ccccc2)ccc(O[Si])c1-c1ccccc1. The first-order valence-electron chi connectivity index (χ1n) is 6.61. The van der Waals surface area contributed by atoms with Gasteiger partial charge in [-0.3, -0.25) is 0 Å². The van der Waals surface area contributed by atoms with Gasteiger partial charge in [-0.05, 0) is 23.3 Å². The number of aromatic hydroxyl groups is 1.